The minimum absolute atomic E-state index is 0.238. The van der Waals surface area contributed by atoms with E-state index < -0.39 is 0 Å². The van der Waals surface area contributed by atoms with Gasteiger partial charge in [-0.3, -0.25) is 4.98 Å². The first-order chi connectivity index (χ1) is 11.4. The molecule has 1 nitrogen and oxygen atoms in total. The van der Waals surface area contributed by atoms with E-state index in [9.17, 15) is 0 Å². The lowest BCUT2D eigenvalue weighted by molar-refractivity contribution is 0.980. The summed E-state index contributed by atoms with van der Waals surface area (Å²) >= 11 is 0. The van der Waals surface area contributed by atoms with Gasteiger partial charge in [-0.05, 0) is 34.9 Å². The van der Waals surface area contributed by atoms with Crippen molar-refractivity contribution >= 4 is 10.9 Å². The molecule has 0 radical (unpaired) electrons. The van der Waals surface area contributed by atoms with Crippen molar-refractivity contribution in [2.45, 2.75) is 5.92 Å². The van der Waals surface area contributed by atoms with Crippen LogP contribution in [0.25, 0.3) is 10.9 Å². The van der Waals surface area contributed by atoms with Crippen molar-refractivity contribution in [3.63, 3.8) is 0 Å². The van der Waals surface area contributed by atoms with Gasteiger partial charge in [0.25, 0.3) is 0 Å². The van der Waals surface area contributed by atoms with Gasteiger partial charge in [-0.25, -0.2) is 0 Å². The van der Waals surface area contributed by atoms with Gasteiger partial charge in [-0.2, -0.15) is 0 Å². The van der Waals surface area contributed by atoms with Gasteiger partial charge in [0.05, 0.1) is 5.52 Å². The third-order valence-electron chi connectivity index (χ3n) is 4.23. The fraction of sp³-hybridized carbons (Fsp3) is 0.0455. The molecule has 0 aliphatic rings. The smallest absolute Gasteiger partial charge is 0.0702 e. The third kappa shape index (κ3) is 2.74. The highest BCUT2D eigenvalue weighted by Gasteiger charge is 2.16. The molecular weight excluding hydrogens is 278 g/mol. The van der Waals surface area contributed by atoms with E-state index in [2.05, 4.69) is 89.9 Å². The van der Waals surface area contributed by atoms with Crippen LogP contribution in [0.4, 0.5) is 0 Å². The van der Waals surface area contributed by atoms with Gasteiger partial charge in [0.1, 0.15) is 0 Å². The molecule has 4 rings (SSSR count). The Kier molecular flexibility index (Phi) is 3.61. The Balaban J connectivity index is 1.90. The zero-order valence-electron chi connectivity index (χ0n) is 12.8. The summed E-state index contributed by atoms with van der Waals surface area (Å²) < 4.78 is 0. The summed E-state index contributed by atoms with van der Waals surface area (Å²) in [6, 6.07) is 32.0. The highest BCUT2D eigenvalue weighted by Crippen LogP contribution is 2.33. The first kappa shape index (κ1) is 13.7. The molecule has 0 aliphatic carbocycles. The van der Waals surface area contributed by atoms with Gasteiger partial charge in [0.2, 0.25) is 0 Å². The van der Waals surface area contributed by atoms with Crippen LogP contribution in [0.15, 0.2) is 97.2 Å². The average Bonchev–Trinajstić information content (AvgIpc) is 2.64. The minimum atomic E-state index is 0.238. The van der Waals surface area contributed by atoms with Crippen LogP contribution in [0, 0.1) is 0 Å². The molecule has 0 atom stereocenters. The Labute approximate surface area is 136 Å². The van der Waals surface area contributed by atoms with Gasteiger partial charge in [0, 0.05) is 17.5 Å². The lowest BCUT2D eigenvalue weighted by Crippen LogP contribution is -2.03. The fourth-order valence-electron chi connectivity index (χ4n) is 3.14. The van der Waals surface area contributed by atoms with E-state index in [1.54, 1.807) is 0 Å². The molecule has 0 amide bonds. The number of hydrogen-bond donors (Lipinski definition) is 0. The van der Waals surface area contributed by atoms with Crippen molar-refractivity contribution in [1.82, 2.24) is 4.98 Å². The lowest BCUT2D eigenvalue weighted by Gasteiger charge is -2.19. The molecule has 0 bridgehead atoms. The van der Waals surface area contributed by atoms with E-state index in [4.69, 9.17) is 0 Å². The summed E-state index contributed by atoms with van der Waals surface area (Å²) in [7, 11) is 0. The first-order valence-corrected chi connectivity index (χ1v) is 7.86. The van der Waals surface area contributed by atoms with Gasteiger partial charge < -0.3 is 0 Å². The topological polar surface area (TPSA) is 12.9 Å². The number of pyridine rings is 1. The van der Waals surface area contributed by atoms with Crippen LogP contribution in [0.1, 0.15) is 22.6 Å². The second kappa shape index (κ2) is 6.05. The van der Waals surface area contributed by atoms with Crippen molar-refractivity contribution < 1.29 is 0 Å². The zero-order chi connectivity index (χ0) is 15.5. The van der Waals surface area contributed by atoms with Crippen molar-refractivity contribution in [3.05, 3.63) is 114 Å². The quantitative estimate of drug-likeness (QED) is 0.460. The van der Waals surface area contributed by atoms with Crippen molar-refractivity contribution in [2.24, 2.45) is 0 Å². The molecule has 0 saturated heterocycles. The highest BCUT2D eigenvalue weighted by molar-refractivity contribution is 5.79. The Morgan fingerprint density at radius 1 is 0.565 bits per heavy atom. The second-order valence-corrected chi connectivity index (χ2v) is 5.71. The predicted molar refractivity (Wildman–Crippen MR) is 95.6 cm³/mol. The molecular formula is C22H17N. The van der Waals surface area contributed by atoms with Gasteiger partial charge >= 0.3 is 0 Å². The molecule has 110 valence electrons. The van der Waals surface area contributed by atoms with Gasteiger partial charge in [-0.1, -0.05) is 72.8 Å². The molecule has 4 aromatic rings. The number of benzene rings is 3. The van der Waals surface area contributed by atoms with Crippen LogP contribution in [-0.4, -0.2) is 4.98 Å². The fourth-order valence-corrected chi connectivity index (χ4v) is 3.14. The molecule has 3 aromatic carbocycles. The lowest BCUT2D eigenvalue weighted by atomic mass is 9.85. The number of fused-ring (bicyclic) bond motifs is 1. The van der Waals surface area contributed by atoms with E-state index in [-0.39, 0.29) is 5.92 Å². The van der Waals surface area contributed by atoms with E-state index in [0.29, 0.717) is 0 Å². The number of nitrogens with zero attached hydrogens (tertiary/aromatic N) is 1. The molecule has 1 heteroatoms. The molecule has 0 aliphatic heterocycles. The zero-order valence-corrected chi connectivity index (χ0v) is 12.8. The maximum Gasteiger partial charge on any atom is 0.0702 e. The maximum atomic E-state index is 4.43. The van der Waals surface area contributed by atoms with E-state index >= 15 is 0 Å². The summed E-state index contributed by atoms with van der Waals surface area (Å²) in [5, 5.41) is 1.18. The highest BCUT2D eigenvalue weighted by atomic mass is 14.6. The summed E-state index contributed by atoms with van der Waals surface area (Å²) in [6.45, 7) is 0. The van der Waals surface area contributed by atoms with Crippen molar-refractivity contribution in [1.29, 1.82) is 0 Å². The molecule has 0 unspecified atom stereocenters. The second-order valence-electron chi connectivity index (χ2n) is 5.71. The Hall–Kier alpha value is -2.93. The molecule has 0 fully saturated rings. The summed E-state index contributed by atoms with van der Waals surface area (Å²) in [5.74, 6) is 0.238. The molecule has 1 aromatic heterocycles. The Morgan fingerprint density at radius 2 is 1.22 bits per heavy atom. The third-order valence-corrected chi connectivity index (χ3v) is 4.23. The van der Waals surface area contributed by atoms with Crippen LogP contribution in [-0.2, 0) is 0 Å². The van der Waals surface area contributed by atoms with E-state index in [1.165, 1.54) is 22.1 Å². The number of hydrogen-bond acceptors (Lipinski definition) is 1. The first-order valence-electron chi connectivity index (χ1n) is 7.86. The molecule has 23 heavy (non-hydrogen) atoms. The molecule has 0 spiro atoms. The Bertz CT molecular complexity index is 874. The number of aromatic nitrogens is 1. The summed E-state index contributed by atoms with van der Waals surface area (Å²) in [6.07, 6.45) is 1.84. The molecule has 0 saturated carbocycles. The van der Waals surface area contributed by atoms with Crippen LogP contribution >= 0.6 is 0 Å². The summed E-state index contributed by atoms with van der Waals surface area (Å²) in [5.41, 5.74) is 4.95. The predicted octanol–water partition coefficient (Wildman–Crippen LogP) is 5.42. The maximum absolute atomic E-state index is 4.43. The SMILES string of the molecule is c1ccc(C(c2ccccc2)c2ccc3ncccc3c2)cc1. The van der Waals surface area contributed by atoms with Crippen molar-refractivity contribution in [3.8, 4) is 0 Å². The minimum Gasteiger partial charge on any atom is -0.256 e. The van der Waals surface area contributed by atoms with Gasteiger partial charge in [0.15, 0.2) is 0 Å². The monoisotopic (exact) mass is 295 g/mol. The summed E-state index contributed by atoms with van der Waals surface area (Å²) in [4.78, 5) is 4.43. The largest absolute Gasteiger partial charge is 0.256 e. The van der Waals surface area contributed by atoms with E-state index in [1.807, 2.05) is 12.3 Å². The standard InChI is InChI=1S/C22H17N/c1-3-8-17(9-4-1)22(18-10-5-2-6-11-18)20-13-14-21-19(16-20)12-7-15-23-21/h1-16,22H. The average molecular weight is 295 g/mol. The normalized spacial score (nSPS) is 11.0. The van der Waals surface area contributed by atoms with Crippen LogP contribution < -0.4 is 0 Å². The molecule has 0 N–H and O–H groups in total. The van der Waals surface area contributed by atoms with Crippen LogP contribution in [0.2, 0.25) is 0 Å². The van der Waals surface area contributed by atoms with Gasteiger partial charge in [-0.15, -0.1) is 0 Å². The van der Waals surface area contributed by atoms with Crippen molar-refractivity contribution in [2.75, 3.05) is 0 Å². The molecule has 1 heterocycles. The Morgan fingerprint density at radius 3 is 1.87 bits per heavy atom. The number of rotatable bonds is 3. The van der Waals surface area contributed by atoms with Crippen LogP contribution in [0.3, 0.4) is 0 Å². The van der Waals surface area contributed by atoms with Crippen LogP contribution in [0.5, 0.6) is 0 Å². The van der Waals surface area contributed by atoms with E-state index in [0.717, 1.165) is 5.52 Å².